The molecule has 1 aromatic heterocycles. The minimum atomic E-state index is -0.545. The van der Waals surface area contributed by atoms with E-state index in [4.69, 9.17) is 20.8 Å². The predicted molar refractivity (Wildman–Crippen MR) is 61.6 cm³/mol. The zero-order valence-corrected chi connectivity index (χ0v) is 9.73. The van der Waals surface area contributed by atoms with E-state index in [1.807, 2.05) is 0 Å². The zero-order valence-electron chi connectivity index (χ0n) is 8.98. The van der Waals surface area contributed by atoms with E-state index in [0.717, 1.165) is 0 Å². The van der Waals surface area contributed by atoms with Gasteiger partial charge >= 0.3 is 5.97 Å². The Morgan fingerprint density at radius 2 is 1.88 bits per heavy atom. The summed E-state index contributed by atoms with van der Waals surface area (Å²) in [6.07, 6.45) is 0. The normalized spacial score (nSPS) is 10.0. The second kappa shape index (κ2) is 4.93. The summed E-state index contributed by atoms with van der Waals surface area (Å²) in [7, 11) is 1.28. The van der Waals surface area contributed by atoms with Gasteiger partial charge in [0.1, 0.15) is 5.75 Å². The standard InChI is InChI=1S/C12H9ClO4/c1-15-12(14)10-6-7-11(17-10)16-9-4-2-8(13)3-5-9/h2-7H,1H3. The molecule has 0 radical (unpaired) electrons. The maximum Gasteiger partial charge on any atom is 0.374 e. The van der Waals surface area contributed by atoms with E-state index >= 15 is 0 Å². The minimum Gasteiger partial charge on any atom is -0.463 e. The van der Waals surface area contributed by atoms with Crippen molar-refractivity contribution in [1.29, 1.82) is 0 Å². The molecule has 4 nitrogen and oxygen atoms in total. The fraction of sp³-hybridized carbons (Fsp3) is 0.0833. The maximum absolute atomic E-state index is 11.1. The number of esters is 1. The van der Waals surface area contributed by atoms with Crippen LogP contribution in [0, 0.1) is 0 Å². The van der Waals surface area contributed by atoms with Crippen molar-refractivity contribution in [1.82, 2.24) is 0 Å². The van der Waals surface area contributed by atoms with Crippen molar-refractivity contribution in [2.24, 2.45) is 0 Å². The van der Waals surface area contributed by atoms with Gasteiger partial charge in [-0.1, -0.05) is 11.6 Å². The van der Waals surface area contributed by atoms with Crippen LogP contribution in [0.2, 0.25) is 5.02 Å². The molecule has 0 N–H and O–H groups in total. The van der Waals surface area contributed by atoms with Gasteiger partial charge in [0.05, 0.1) is 7.11 Å². The molecule has 1 heterocycles. The quantitative estimate of drug-likeness (QED) is 0.785. The van der Waals surface area contributed by atoms with E-state index in [1.165, 1.54) is 13.2 Å². The van der Waals surface area contributed by atoms with Crippen LogP contribution >= 0.6 is 11.6 Å². The summed E-state index contributed by atoms with van der Waals surface area (Å²) < 4.78 is 15.0. The average Bonchev–Trinajstić information content (AvgIpc) is 2.80. The molecule has 0 aliphatic rings. The molecule has 0 amide bonds. The highest BCUT2D eigenvalue weighted by Crippen LogP contribution is 2.25. The van der Waals surface area contributed by atoms with Crippen LogP contribution in [0.4, 0.5) is 0 Å². The Labute approximate surface area is 103 Å². The molecule has 0 spiro atoms. The van der Waals surface area contributed by atoms with Crippen LogP contribution in [0.5, 0.6) is 11.7 Å². The molecule has 0 aliphatic carbocycles. The largest absolute Gasteiger partial charge is 0.463 e. The highest BCUT2D eigenvalue weighted by atomic mass is 35.5. The fourth-order valence-electron chi connectivity index (χ4n) is 1.20. The monoisotopic (exact) mass is 252 g/mol. The number of hydrogen-bond acceptors (Lipinski definition) is 4. The summed E-state index contributed by atoms with van der Waals surface area (Å²) in [5, 5.41) is 0.618. The van der Waals surface area contributed by atoms with Gasteiger partial charge in [-0.25, -0.2) is 4.79 Å². The lowest BCUT2D eigenvalue weighted by molar-refractivity contribution is 0.0560. The first-order valence-electron chi connectivity index (χ1n) is 4.80. The summed E-state index contributed by atoms with van der Waals surface area (Å²) >= 11 is 5.74. The van der Waals surface area contributed by atoms with Crippen molar-refractivity contribution in [2.75, 3.05) is 7.11 Å². The summed E-state index contributed by atoms with van der Waals surface area (Å²) in [5.41, 5.74) is 0. The molecular formula is C12H9ClO4. The highest BCUT2D eigenvalue weighted by Gasteiger charge is 2.12. The van der Waals surface area contributed by atoms with E-state index in [2.05, 4.69) is 4.74 Å². The number of methoxy groups -OCH3 is 1. The molecule has 0 fully saturated rings. The molecule has 0 saturated carbocycles. The Morgan fingerprint density at radius 3 is 2.53 bits per heavy atom. The van der Waals surface area contributed by atoms with Gasteiger partial charge in [-0.15, -0.1) is 0 Å². The van der Waals surface area contributed by atoms with Gasteiger partial charge in [-0.05, 0) is 30.3 Å². The number of carbonyl (C=O) groups excluding carboxylic acids is 1. The zero-order chi connectivity index (χ0) is 12.3. The van der Waals surface area contributed by atoms with Crippen molar-refractivity contribution in [3.63, 3.8) is 0 Å². The van der Waals surface area contributed by atoms with Gasteiger partial charge in [0.2, 0.25) is 5.76 Å². The van der Waals surface area contributed by atoms with Crippen LogP contribution in [-0.4, -0.2) is 13.1 Å². The van der Waals surface area contributed by atoms with Crippen LogP contribution in [-0.2, 0) is 4.74 Å². The number of carbonyl (C=O) groups is 1. The molecule has 88 valence electrons. The molecule has 5 heteroatoms. The maximum atomic E-state index is 11.1. The van der Waals surface area contributed by atoms with Gasteiger partial charge in [0.25, 0.3) is 5.95 Å². The smallest absolute Gasteiger partial charge is 0.374 e. The van der Waals surface area contributed by atoms with Crippen LogP contribution in [0.15, 0.2) is 40.8 Å². The number of benzene rings is 1. The Hall–Kier alpha value is -1.94. The third-order valence-corrected chi connectivity index (χ3v) is 2.25. The number of hydrogen-bond donors (Lipinski definition) is 0. The van der Waals surface area contributed by atoms with Crippen LogP contribution in [0.25, 0.3) is 0 Å². The van der Waals surface area contributed by atoms with E-state index in [1.54, 1.807) is 30.3 Å². The lowest BCUT2D eigenvalue weighted by Gasteiger charge is -2.01. The summed E-state index contributed by atoms with van der Waals surface area (Å²) in [4.78, 5) is 11.1. The molecule has 2 aromatic rings. The molecule has 0 saturated heterocycles. The van der Waals surface area contributed by atoms with Gasteiger partial charge in [0.15, 0.2) is 0 Å². The predicted octanol–water partition coefficient (Wildman–Crippen LogP) is 3.51. The minimum absolute atomic E-state index is 0.0939. The summed E-state index contributed by atoms with van der Waals surface area (Å²) in [6.45, 7) is 0. The highest BCUT2D eigenvalue weighted by molar-refractivity contribution is 6.30. The third kappa shape index (κ3) is 2.79. The van der Waals surface area contributed by atoms with E-state index in [-0.39, 0.29) is 11.7 Å². The van der Waals surface area contributed by atoms with Crippen molar-refractivity contribution in [3.05, 3.63) is 47.2 Å². The topological polar surface area (TPSA) is 48.7 Å². The van der Waals surface area contributed by atoms with Crippen molar-refractivity contribution >= 4 is 17.6 Å². The Kier molecular flexibility index (Phi) is 3.35. The van der Waals surface area contributed by atoms with Crippen molar-refractivity contribution in [2.45, 2.75) is 0 Å². The van der Waals surface area contributed by atoms with Gasteiger partial charge in [-0.2, -0.15) is 0 Å². The van der Waals surface area contributed by atoms with E-state index in [0.29, 0.717) is 10.8 Å². The number of halogens is 1. The molecular weight excluding hydrogens is 244 g/mol. The molecule has 17 heavy (non-hydrogen) atoms. The first kappa shape index (κ1) is 11.5. The van der Waals surface area contributed by atoms with Crippen LogP contribution < -0.4 is 4.74 Å². The number of furan rings is 1. The lowest BCUT2D eigenvalue weighted by Crippen LogP contribution is -1.98. The number of rotatable bonds is 3. The lowest BCUT2D eigenvalue weighted by atomic mass is 10.3. The Balaban J connectivity index is 2.11. The molecule has 0 bridgehead atoms. The summed E-state index contributed by atoms with van der Waals surface area (Å²) in [6, 6.07) is 9.81. The third-order valence-electron chi connectivity index (χ3n) is 2.00. The SMILES string of the molecule is COC(=O)c1ccc(Oc2ccc(Cl)cc2)o1. The van der Waals surface area contributed by atoms with Crippen molar-refractivity contribution in [3.8, 4) is 11.7 Å². The van der Waals surface area contributed by atoms with Crippen molar-refractivity contribution < 1.29 is 18.7 Å². The fourth-order valence-corrected chi connectivity index (χ4v) is 1.33. The van der Waals surface area contributed by atoms with Gasteiger partial charge in [-0.3, -0.25) is 0 Å². The molecule has 0 aliphatic heterocycles. The first-order chi connectivity index (χ1) is 8.19. The van der Waals surface area contributed by atoms with Gasteiger partial charge in [0, 0.05) is 11.1 Å². The van der Waals surface area contributed by atoms with E-state index < -0.39 is 5.97 Å². The molecule has 1 aromatic carbocycles. The summed E-state index contributed by atoms with van der Waals surface area (Å²) in [5.74, 6) is 0.334. The Morgan fingerprint density at radius 1 is 1.18 bits per heavy atom. The second-order valence-corrected chi connectivity index (χ2v) is 3.60. The average molecular weight is 253 g/mol. The second-order valence-electron chi connectivity index (χ2n) is 3.17. The molecule has 2 rings (SSSR count). The first-order valence-corrected chi connectivity index (χ1v) is 5.18. The molecule has 0 unspecified atom stereocenters. The van der Waals surface area contributed by atoms with Gasteiger partial charge < -0.3 is 13.9 Å². The Bertz CT molecular complexity index is 516. The number of ether oxygens (including phenoxy) is 2. The van der Waals surface area contributed by atoms with E-state index in [9.17, 15) is 4.79 Å². The van der Waals surface area contributed by atoms with Crippen LogP contribution in [0.3, 0.4) is 0 Å². The van der Waals surface area contributed by atoms with Crippen LogP contribution in [0.1, 0.15) is 10.6 Å². The molecule has 0 atom stereocenters.